The molecule has 0 aromatic carbocycles. The van der Waals surface area contributed by atoms with Crippen molar-refractivity contribution in [3.63, 3.8) is 0 Å². The second-order valence-corrected chi connectivity index (χ2v) is 5.92. The minimum atomic E-state index is -0.287. The molecular weight excluding hydrogens is 266 g/mol. The van der Waals surface area contributed by atoms with Crippen molar-refractivity contribution in [2.75, 3.05) is 17.3 Å². The molecule has 0 fully saturated rings. The Bertz CT molecular complexity index is 524. The van der Waals surface area contributed by atoms with Crippen LogP contribution in [0.3, 0.4) is 0 Å². The van der Waals surface area contributed by atoms with Crippen LogP contribution in [-0.4, -0.2) is 21.2 Å². The van der Waals surface area contributed by atoms with Gasteiger partial charge in [0.2, 0.25) is 0 Å². The lowest BCUT2D eigenvalue weighted by atomic mass is 10.1. The van der Waals surface area contributed by atoms with Crippen molar-refractivity contribution in [1.29, 1.82) is 0 Å². The van der Waals surface area contributed by atoms with Crippen LogP contribution in [0.15, 0.2) is 22.8 Å². The van der Waals surface area contributed by atoms with Crippen LogP contribution in [0.1, 0.15) is 18.9 Å². The molecule has 2 heterocycles. The molecule has 0 bridgehead atoms. The molecule has 2 aromatic rings. The van der Waals surface area contributed by atoms with Gasteiger partial charge in [0.15, 0.2) is 5.16 Å². The van der Waals surface area contributed by atoms with E-state index in [0.29, 0.717) is 16.8 Å². The Morgan fingerprint density at radius 1 is 1.39 bits per heavy atom. The predicted molar refractivity (Wildman–Crippen MR) is 77.0 cm³/mol. The lowest BCUT2D eigenvalue weighted by Gasteiger charge is -2.24. The fraction of sp³-hybridized carbons (Fsp3) is 0.364. The highest BCUT2D eigenvalue weighted by Crippen LogP contribution is 2.27. The van der Waals surface area contributed by atoms with Gasteiger partial charge in [-0.05, 0) is 20.1 Å². The molecule has 96 valence electrons. The Kier molecular flexibility index (Phi) is 3.72. The fourth-order valence-corrected chi connectivity index (χ4v) is 2.61. The lowest BCUT2D eigenvalue weighted by molar-refractivity contribution is 0.599. The summed E-state index contributed by atoms with van der Waals surface area (Å²) < 4.78 is 0. The Labute approximate surface area is 114 Å². The minimum Gasteiger partial charge on any atom is -0.383 e. The number of hydrogen-bond acceptors (Lipinski definition) is 7. The first-order chi connectivity index (χ1) is 8.51. The van der Waals surface area contributed by atoms with Gasteiger partial charge >= 0.3 is 0 Å². The van der Waals surface area contributed by atoms with Gasteiger partial charge in [-0.15, -0.1) is 11.3 Å². The third-order valence-electron chi connectivity index (χ3n) is 2.32. The first kappa shape index (κ1) is 13.1. The van der Waals surface area contributed by atoms with E-state index in [-0.39, 0.29) is 5.54 Å². The second kappa shape index (κ2) is 5.11. The molecule has 0 unspecified atom stereocenters. The predicted octanol–water partition coefficient (Wildman–Crippen LogP) is 2.58. The quantitative estimate of drug-likeness (QED) is 0.662. The van der Waals surface area contributed by atoms with E-state index in [9.17, 15) is 0 Å². The standard InChI is InChI=1S/C11H15N5S2/c1-11(2,9-13-4-5-18-9)16-8-6-7(12)14-10(15-8)17-3/h4-6H,1-3H3,(H3,12,14,15,16). The van der Waals surface area contributed by atoms with Crippen LogP contribution < -0.4 is 11.1 Å². The molecule has 0 saturated heterocycles. The fourth-order valence-electron chi connectivity index (χ4n) is 1.50. The Morgan fingerprint density at radius 2 is 2.17 bits per heavy atom. The average Bonchev–Trinajstić information content (AvgIpc) is 2.81. The number of anilines is 2. The maximum Gasteiger partial charge on any atom is 0.191 e. The number of nitrogens with one attached hydrogen (secondary N) is 1. The van der Waals surface area contributed by atoms with E-state index >= 15 is 0 Å². The largest absolute Gasteiger partial charge is 0.383 e. The number of thioether (sulfide) groups is 1. The summed E-state index contributed by atoms with van der Waals surface area (Å²) >= 11 is 3.08. The van der Waals surface area contributed by atoms with Crippen molar-refractivity contribution in [3.8, 4) is 0 Å². The minimum absolute atomic E-state index is 0.287. The summed E-state index contributed by atoms with van der Waals surface area (Å²) in [4.78, 5) is 12.8. The molecule has 2 rings (SSSR count). The lowest BCUT2D eigenvalue weighted by Crippen LogP contribution is -2.28. The monoisotopic (exact) mass is 281 g/mol. The van der Waals surface area contributed by atoms with Crippen LogP contribution in [0, 0.1) is 0 Å². The molecule has 7 heteroatoms. The van der Waals surface area contributed by atoms with Crippen LogP contribution in [-0.2, 0) is 5.54 Å². The van der Waals surface area contributed by atoms with Crippen LogP contribution in [0.25, 0.3) is 0 Å². The van der Waals surface area contributed by atoms with Gasteiger partial charge in [-0.1, -0.05) is 11.8 Å². The maximum absolute atomic E-state index is 5.76. The number of rotatable bonds is 4. The summed E-state index contributed by atoms with van der Waals surface area (Å²) in [7, 11) is 0. The highest BCUT2D eigenvalue weighted by molar-refractivity contribution is 7.98. The first-order valence-electron chi connectivity index (χ1n) is 5.38. The van der Waals surface area contributed by atoms with Crippen molar-refractivity contribution in [3.05, 3.63) is 22.7 Å². The summed E-state index contributed by atoms with van der Waals surface area (Å²) in [5.74, 6) is 1.18. The van der Waals surface area contributed by atoms with Gasteiger partial charge in [0, 0.05) is 17.6 Å². The van der Waals surface area contributed by atoms with E-state index in [1.807, 2.05) is 11.6 Å². The summed E-state index contributed by atoms with van der Waals surface area (Å²) in [6, 6.07) is 1.73. The topological polar surface area (TPSA) is 76.7 Å². The zero-order chi connectivity index (χ0) is 13.2. The molecule has 5 nitrogen and oxygen atoms in total. The summed E-state index contributed by atoms with van der Waals surface area (Å²) in [5.41, 5.74) is 5.47. The highest BCUT2D eigenvalue weighted by atomic mass is 32.2. The Hall–Kier alpha value is -1.34. The van der Waals surface area contributed by atoms with Crippen molar-refractivity contribution in [1.82, 2.24) is 15.0 Å². The molecule has 0 aliphatic carbocycles. The zero-order valence-electron chi connectivity index (χ0n) is 10.5. The number of nitrogens with zero attached hydrogens (tertiary/aromatic N) is 3. The number of nitrogen functional groups attached to an aromatic ring is 1. The summed E-state index contributed by atoms with van der Waals surface area (Å²) in [6.45, 7) is 4.12. The van der Waals surface area contributed by atoms with Crippen LogP contribution in [0.5, 0.6) is 0 Å². The summed E-state index contributed by atoms with van der Waals surface area (Å²) in [6.07, 6.45) is 3.72. The van der Waals surface area contributed by atoms with Gasteiger partial charge < -0.3 is 11.1 Å². The van der Waals surface area contributed by atoms with E-state index in [4.69, 9.17) is 5.73 Å². The molecule has 0 radical (unpaired) electrons. The van der Waals surface area contributed by atoms with Crippen molar-refractivity contribution in [2.45, 2.75) is 24.5 Å². The molecule has 0 saturated carbocycles. The van der Waals surface area contributed by atoms with Gasteiger partial charge in [0.25, 0.3) is 0 Å². The second-order valence-electron chi connectivity index (χ2n) is 4.25. The van der Waals surface area contributed by atoms with E-state index in [1.165, 1.54) is 11.8 Å². The average molecular weight is 281 g/mol. The number of hydrogen-bond donors (Lipinski definition) is 2. The first-order valence-corrected chi connectivity index (χ1v) is 7.48. The van der Waals surface area contributed by atoms with E-state index < -0.39 is 0 Å². The molecule has 0 amide bonds. The molecule has 0 aliphatic rings. The molecule has 0 atom stereocenters. The number of nitrogens with two attached hydrogens (primary N) is 1. The van der Waals surface area contributed by atoms with Gasteiger partial charge in [-0.25, -0.2) is 15.0 Å². The highest BCUT2D eigenvalue weighted by Gasteiger charge is 2.23. The Balaban J connectivity index is 2.26. The van der Waals surface area contributed by atoms with E-state index in [2.05, 4.69) is 34.1 Å². The third-order valence-corrected chi connectivity index (χ3v) is 3.96. The Morgan fingerprint density at radius 3 is 2.78 bits per heavy atom. The van der Waals surface area contributed by atoms with Crippen molar-refractivity contribution < 1.29 is 0 Å². The smallest absolute Gasteiger partial charge is 0.191 e. The SMILES string of the molecule is CSc1nc(N)cc(NC(C)(C)c2nccs2)n1. The van der Waals surface area contributed by atoms with Gasteiger partial charge in [-0.2, -0.15) is 0 Å². The molecule has 18 heavy (non-hydrogen) atoms. The molecule has 0 spiro atoms. The zero-order valence-corrected chi connectivity index (χ0v) is 12.1. The summed E-state index contributed by atoms with van der Waals surface area (Å²) in [5, 5.41) is 6.96. The van der Waals surface area contributed by atoms with E-state index in [0.717, 1.165) is 5.01 Å². The van der Waals surface area contributed by atoms with Crippen LogP contribution in [0.4, 0.5) is 11.6 Å². The molecule has 0 aliphatic heterocycles. The third kappa shape index (κ3) is 2.91. The van der Waals surface area contributed by atoms with Gasteiger partial charge in [0.1, 0.15) is 16.6 Å². The van der Waals surface area contributed by atoms with Gasteiger partial charge in [0.05, 0.1) is 5.54 Å². The van der Waals surface area contributed by atoms with Crippen LogP contribution >= 0.6 is 23.1 Å². The van der Waals surface area contributed by atoms with E-state index in [1.54, 1.807) is 23.6 Å². The molecule has 3 N–H and O–H groups in total. The number of aromatic nitrogens is 3. The maximum atomic E-state index is 5.76. The van der Waals surface area contributed by atoms with Gasteiger partial charge in [-0.3, -0.25) is 0 Å². The van der Waals surface area contributed by atoms with Crippen LogP contribution in [0.2, 0.25) is 0 Å². The van der Waals surface area contributed by atoms with Crippen molar-refractivity contribution in [2.24, 2.45) is 0 Å². The molecule has 2 aromatic heterocycles. The number of thiazole rings is 1. The molecular formula is C11H15N5S2. The normalized spacial score (nSPS) is 11.5. The van der Waals surface area contributed by atoms with Crippen molar-refractivity contribution >= 4 is 34.7 Å².